The fourth-order valence-corrected chi connectivity index (χ4v) is 2.43. The van der Waals surface area contributed by atoms with Crippen LogP contribution in [0.2, 0.25) is 5.02 Å². The summed E-state index contributed by atoms with van der Waals surface area (Å²) in [6, 6.07) is 3.98. The van der Waals surface area contributed by atoms with Gasteiger partial charge in [-0.25, -0.2) is 0 Å². The summed E-state index contributed by atoms with van der Waals surface area (Å²) in [4.78, 5) is 0. The summed E-state index contributed by atoms with van der Waals surface area (Å²) in [5, 5.41) is 4.16. The van der Waals surface area contributed by atoms with Crippen molar-refractivity contribution < 1.29 is 9.47 Å². The molecule has 0 unspecified atom stereocenters. The van der Waals surface area contributed by atoms with Gasteiger partial charge in [-0.15, -0.1) is 0 Å². The summed E-state index contributed by atoms with van der Waals surface area (Å²) in [6.07, 6.45) is 0.959. The van der Waals surface area contributed by atoms with Crippen molar-refractivity contribution in [3.8, 4) is 5.75 Å². The van der Waals surface area contributed by atoms with E-state index in [9.17, 15) is 0 Å². The second-order valence-corrected chi connectivity index (χ2v) is 5.73. The van der Waals surface area contributed by atoms with E-state index in [4.69, 9.17) is 21.1 Å². The van der Waals surface area contributed by atoms with Gasteiger partial charge in [-0.05, 0) is 23.6 Å². The maximum absolute atomic E-state index is 6.12. The summed E-state index contributed by atoms with van der Waals surface area (Å²) >= 11 is 6.12. The van der Waals surface area contributed by atoms with Crippen LogP contribution >= 0.6 is 11.6 Å². The van der Waals surface area contributed by atoms with Crippen LogP contribution in [-0.4, -0.2) is 26.4 Å². The van der Waals surface area contributed by atoms with Crippen LogP contribution in [0.4, 0.5) is 0 Å². The Morgan fingerprint density at radius 2 is 2.26 bits per heavy atom. The van der Waals surface area contributed by atoms with Crippen molar-refractivity contribution in [1.82, 2.24) is 5.32 Å². The van der Waals surface area contributed by atoms with E-state index in [1.807, 2.05) is 12.1 Å². The molecule has 1 heterocycles. The van der Waals surface area contributed by atoms with Gasteiger partial charge in [0.05, 0.1) is 13.2 Å². The molecule has 0 spiro atoms. The molecule has 0 amide bonds. The van der Waals surface area contributed by atoms with Gasteiger partial charge in [0, 0.05) is 36.7 Å². The third-order valence-corrected chi connectivity index (χ3v) is 3.23. The number of hydrogen-bond acceptors (Lipinski definition) is 3. The molecule has 19 heavy (non-hydrogen) atoms. The molecule has 0 bridgehead atoms. The van der Waals surface area contributed by atoms with Gasteiger partial charge < -0.3 is 14.8 Å². The molecule has 0 fully saturated rings. The van der Waals surface area contributed by atoms with Gasteiger partial charge in [-0.2, -0.15) is 0 Å². The summed E-state index contributed by atoms with van der Waals surface area (Å²) in [5.74, 6) is 1.60. The Morgan fingerprint density at radius 1 is 1.42 bits per heavy atom. The van der Waals surface area contributed by atoms with Gasteiger partial charge >= 0.3 is 0 Å². The van der Waals surface area contributed by atoms with Gasteiger partial charge in [-0.1, -0.05) is 25.4 Å². The highest BCUT2D eigenvalue weighted by Gasteiger charge is 2.17. The number of hydrogen-bond donors (Lipinski definition) is 1. The molecule has 4 heteroatoms. The molecule has 1 aliphatic rings. The van der Waals surface area contributed by atoms with E-state index < -0.39 is 0 Å². The molecule has 0 radical (unpaired) electrons. The van der Waals surface area contributed by atoms with Crippen molar-refractivity contribution in [1.29, 1.82) is 0 Å². The normalized spacial score (nSPS) is 13.7. The molecule has 1 aromatic carbocycles. The fourth-order valence-electron chi connectivity index (χ4n) is 2.16. The minimum absolute atomic E-state index is 0.588. The first kappa shape index (κ1) is 14.6. The Hall–Kier alpha value is -0.770. The number of benzene rings is 1. The van der Waals surface area contributed by atoms with Crippen molar-refractivity contribution in [2.75, 3.05) is 26.4 Å². The number of fused-ring (bicyclic) bond motifs is 1. The Bertz CT molecular complexity index is 421. The van der Waals surface area contributed by atoms with Crippen LogP contribution in [0.1, 0.15) is 25.0 Å². The first-order valence-corrected chi connectivity index (χ1v) is 7.27. The summed E-state index contributed by atoms with van der Waals surface area (Å²) in [7, 11) is 0. The first-order chi connectivity index (χ1) is 9.16. The molecule has 3 nitrogen and oxygen atoms in total. The third-order valence-electron chi connectivity index (χ3n) is 3.02. The quantitative estimate of drug-likeness (QED) is 0.780. The average Bonchev–Trinajstić information content (AvgIpc) is 2.80. The zero-order chi connectivity index (χ0) is 13.7. The standard InChI is InChI=1S/C15H22ClNO2/c1-11(2)10-18-6-4-17-9-13-8-14(16)7-12-3-5-19-15(12)13/h7-8,11,17H,3-6,9-10H2,1-2H3. The monoisotopic (exact) mass is 283 g/mol. The zero-order valence-electron chi connectivity index (χ0n) is 11.7. The Kier molecular flexibility index (Phi) is 5.49. The van der Waals surface area contributed by atoms with E-state index in [-0.39, 0.29) is 0 Å². The second kappa shape index (κ2) is 7.13. The van der Waals surface area contributed by atoms with Crippen LogP contribution in [0.15, 0.2) is 12.1 Å². The summed E-state index contributed by atoms with van der Waals surface area (Å²) in [5.41, 5.74) is 2.37. The zero-order valence-corrected chi connectivity index (χ0v) is 12.4. The number of ether oxygens (including phenoxy) is 2. The largest absolute Gasteiger partial charge is 0.493 e. The summed E-state index contributed by atoms with van der Waals surface area (Å²) in [6.45, 7) is 8.24. The van der Waals surface area contributed by atoms with Gasteiger partial charge in [0.25, 0.3) is 0 Å². The fraction of sp³-hybridized carbons (Fsp3) is 0.600. The van der Waals surface area contributed by atoms with E-state index >= 15 is 0 Å². The van der Waals surface area contributed by atoms with Gasteiger partial charge in [0.15, 0.2) is 0 Å². The van der Waals surface area contributed by atoms with E-state index in [0.717, 1.165) is 55.7 Å². The van der Waals surface area contributed by atoms with Crippen molar-refractivity contribution in [2.45, 2.75) is 26.8 Å². The molecule has 0 aliphatic carbocycles. The van der Waals surface area contributed by atoms with Crippen molar-refractivity contribution >= 4 is 11.6 Å². The molecule has 2 rings (SSSR count). The van der Waals surface area contributed by atoms with Crippen LogP contribution in [0.25, 0.3) is 0 Å². The smallest absolute Gasteiger partial charge is 0.127 e. The molecule has 0 aromatic heterocycles. The topological polar surface area (TPSA) is 30.5 Å². The molecule has 0 saturated heterocycles. The molecule has 0 saturated carbocycles. The molecule has 106 valence electrons. The Morgan fingerprint density at radius 3 is 3.05 bits per heavy atom. The maximum Gasteiger partial charge on any atom is 0.127 e. The lowest BCUT2D eigenvalue weighted by atomic mass is 10.1. The minimum Gasteiger partial charge on any atom is -0.493 e. The molecule has 1 N–H and O–H groups in total. The van der Waals surface area contributed by atoms with Gasteiger partial charge in [0.1, 0.15) is 5.75 Å². The Balaban J connectivity index is 1.77. The first-order valence-electron chi connectivity index (χ1n) is 6.89. The molecular weight excluding hydrogens is 262 g/mol. The number of nitrogens with one attached hydrogen (secondary N) is 1. The number of halogens is 1. The predicted octanol–water partition coefficient (Wildman–Crippen LogP) is 3.04. The lowest BCUT2D eigenvalue weighted by molar-refractivity contribution is 0.111. The van der Waals surface area contributed by atoms with Crippen LogP contribution in [-0.2, 0) is 17.7 Å². The molecular formula is C15H22ClNO2. The number of rotatable bonds is 7. The van der Waals surface area contributed by atoms with Crippen LogP contribution in [0.3, 0.4) is 0 Å². The minimum atomic E-state index is 0.588. The van der Waals surface area contributed by atoms with Crippen molar-refractivity contribution in [3.05, 3.63) is 28.3 Å². The second-order valence-electron chi connectivity index (χ2n) is 5.30. The van der Waals surface area contributed by atoms with Gasteiger partial charge in [0.2, 0.25) is 0 Å². The highest BCUT2D eigenvalue weighted by atomic mass is 35.5. The van der Waals surface area contributed by atoms with E-state index in [0.29, 0.717) is 5.92 Å². The molecule has 1 aromatic rings. The van der Waals surface area contributed by atoms with E-state index in [2.05, 4.69) is 19.2 Å². The average molecular weight is 284 g/mol. The lowest BCUT2D eigenvalue weighted by Crippen LogP contribution is -2.20. The highest BCUT2D eigenvalue weighted by molar-refractivity contribution is 6.30. The van der Waals surface area contributed by atoms with E-state index in [1.54, 1.807) is 0 Å². The Labute approximate surface area is 120 Å². The SMILES string of the molecule is CC(C)COCCNCc1cc(Cl)cc2c1OCC2. The van der Waals surface area contributed by atoms with Crippen LogP contribution < -0.4 is 10.1 Å². The predicted molar refractivity (Wildman–Crippen MR) is 78.0 cm³/mol. The lowest BCUT2D eigenvalue weighted by Gasteiger charge is -2.11. The molecule has 1 aliphatic heterocycles. The maximum atomic E-state index is 6.12. The highest BCUT2D eigenvalue weighted by Crippen LogP contribution is 2.32. The van der Waals surface area contributed by atoms with Crippen LogP contribution in [0.5, 0.6) is 5.75 Å². The van der Waals surface area contributed by atoms with Crippen molar-refractivity contribution in [2.24, 2.45) is 5.92 Å². The van der Waals surface area contributed by atoms with Crippen LogP contribution in [0, 0.1) is 5.92 Å². The van der Waals surface area contributed by atoms with Gasteiger partial charge in [-0.3, -0.25) is 0 Å². The summed E-state index contributed by atoms with van der Waals surface area (Å²) < 4.78 is 11.2. The molecule has 0 atom stereocenters. The van der Waals surface area contributed by atoms with E-state index in [1.165, 1.54) is 5.56 Å². The van der Waals surface area contributed by atoms with Crippen molar-refractivity contribution in [3.63, 3.8) is 0 Å². The third kappa shape index (κ3) is 4.37.